The van der Waals surface area contributed by atoms with Crippen molar-refractivity contribution < 1.29 is 9.53 Å². The van der Waals surface area contributed by atoms with Crippen molar-refractivity contribution in [2.45, 2.75) is 32.2 Å². The zero-order valence-electron chi connectivity index (χ0n) is 11.9. The highest BCUT2D eigenvalue weighted by atomic mass is 79.9. The smallest absolute Gasteiger partial charge is 0.241 e. The van der Waals surface area contributed by atoms with Gasteiger partial charge >= 0.3 is 0 Å². The van der Waals surface area contributed by atoms with Crippen molar-refractivity contribution in [3.63, 3.8) is 0 Å². The maximum absolute atomic E-state index is 12.3. The molecule has 5 heteroatoms. The van der Waals surface area contributed by atoms with E-state index >= 15 is 0 Å². The summed E-state index contributed by atoms with van der Waals surface area (Å²) in [5, 5.41) is 6.26. The van der Waals surface area contributed by atoms with Crippen LogP contribution in [0, 0.1) is 5.92 Å². The molecule has 1 amide bonds. The van der Waals surface area contributed by atoms with Gasteiger partial charge in [0.2, 0.25) is 5.91 Å². The summed E-state index contributed by atoms with van der Waals surface area (Å²) in [6.07, 6.45) is 3.20. The van der Waals surface area contributed by atoms with E-state index in [0.717, 1.165) is 41.7 Å². The summed E-state index contributed by atoms with van der Waals surface area (Å²) < 4.78 is 6.04. The molecule has 1 aliphatic rings. The van der Waals surface area contributed by atoms with Crippen LogP contribution in [0.1, 0.15) is 26.2 Å². The molecule has 0 aromatic heterocycles. The first-order valence-corrected chi connectivity index (χ1v) is 7.81. The number of methoxy groups -OCH3 is 1. The quantitative estimate of drug-likeness (QED) is 0.884. The van der Waals surface area contributed by atoms with Crippen LogP contribution in [0.2, 0.25) is 0 Å². The van der Waals surface area contributed by atoms with Gasteiger partial charge in [0.1, 0.15) is 5.75 Å². The third kappa shape index (κ3) is 3.73. The first-order chi connectivity index (χ1) is 9.63. The number of carbonyl (C=O) groups excluding carboxylic acids is 1. The Kier molecular flexibility index (Phi) is 5.43. The van der Waals surface area contributed by atoms with Crippen LogP contribution < -0.4 is 15.4 Å². The lowest BCUT2D eigenvalue weighted by Gasteiger charge is -2.29. The van der Waals surface area contributed by atoms with Gasteiger partial charge in [0.25, 0.3) is 0 Å². The van der Waals surface area contributed by atoms with E-state index in [1.54, 1.807) is 7.11 Å². The van der Waals surface area contributed by atoms with Crippen LogP contribution in [0.4, 0.5) is 5.69 Å². The van der Waals surface area contributed by atoms with E-state index in [4.69, 9.17) is 4.74 Å². The molecular formula is C15H21BrN2O2. The van der Waals surface area contributed by atoms with Crippen molar-refractivity contribution in [1.82, 2.24) is 5.32 Å². The van der Waals surface area contributed by atoms with E-state index in [9.17, 15) is 4.79 Å². The van der Waals surface area contributed by atoms with Gasteiger partial charge in [-0.25, -0.2) is 0 Å². The van der Waals surface area contributed by atoms with Crippen LogP contribution in [0.25, 0.3) is 0 Å². The van der Waals surface area contributed by atoms with Crippen molar-refractivity contribution >= 4 is 27.5 Å². The molecule has 2 atom stereocenters. The molecule has 1 saturated heterocycles. The third-order valence-corrected chi connectivity index (χ3v) is 4.53. The van der Waals surface area contributed by atoms with Crippen LogP contribution >= 0.6 is 15.9 Å². The van der Waals surface area contributed by atoms with Crippen LogP contribution in [0.5, 0.6) is 5.75 Å². The lowest BCUT2D eigenvalue weighted by molar-refractivity contribution is -0.119. The maximum atomic E-state index is 12.3. The molecule has 1 fully saturated rings. The van der Waals surface area contributed by atoms with Gasteiger partial charge in [-0.3, -0.25) is 4.79 Å². The predicted molar refractivity (Wildman–Crippen MR) is 84.1 cm³/mol. The summed E-state index contributed by atoms with van der Waals surface area (Å²) >= 11 is 3.45. The number of piperidine rings is 1. The second-order valence-electron chi connectivity index (χ2n) is 5.14. The molecule has 110 valence electrons. The van der Waals surface area contributed by atoms with Crippen molar-refractivity contribution in [3.05, 3.63) is 22.7 Å². The molecule has 2 rings (SSSR count). The number of benzene rings is 1. The monoisotopic (exact) mass is 340 g/mol. The average Bonchev–Trinajstić information content (AvgIpc) is 2.49. The molecule has 0 spiro atoms. The molecular weight excluding hydrogens is 320 g/mol. The Morgan fingerprint density at radius 1 is 1.55 bits per heavy atom. The fourth-order valence-electron chi connectivity index (χ4n) is 2.51. The van der Waals surface area contributed by atoms with Crippen LogP contribution in [-0.4, -0.2) is 25.6 Å². The minimum absolute atomic E-state index is 0.0251. The van der Waals surface area contributed by atoms with E-state index in [1.165, 1.54) is 0 Å². The zero-order valence-corrected chi connectivity index (χ0v) is 13.5. The first kappa shape index (κ1) is 15.3. The fraction of sp³-hybridized carbons (Fsp3) is 0.533. The number of hydrogen-bond donors (Lipinski definition) is 2. The number of anilines is 1. The Balaban J connectivity index is 2.03. The summed E-state index contributed by atoms with van der Waals surface area (Å²) in [5.74, 6) is 1.39. The SMILES string of the molecule is CCC1CCNC(C(=O)Nc2cc(OC)ccc2Br)C1. The molecule has 2 unspecified atom stereocenters. The number of halogens is 1. The molecule has 0 bridgehead atoms. The highest BCUT2D eigenvalue weighted by molar-refractivity contribution is 9.10. The normalized spacial score (nSPS) is 22.4. The summed E-state index contributed by atoms with van der Waals surface area (Å²) in [6, 6.07) is 5.44. The second-order valence-corrected chi connectivity index (χ2v) is 5.99. The fourth-order valence-corrected chi connectivity index (χ4v) is 2.86. The van der Waals surface area contributed by atoms with Gasteiger partial charge in [-0.15, -0.1) is 0 Å². The van der Waals surface area contributed by atoms with E-state index in [-0.39, 0.29) is 11.9 Å². The lowest BCUT2D eigenvalue weighted by Crippen LogP contribution is -2.46. The number of nitrogens with one attached hydrogen (secondary N) is 2. The van der Waals surface area contributed by atoms with Crippen molar-refractivity contribution in [2.24, 2.45) is 5.92 Å². The minimum Gasteiger partial charge on any atom is -0.497 e. The lowest BCUT2D eigenvalue weighted by atomic mass is 9.90. The van der Waals surface area contributed by atoms with Crippen LogP contribution in [0.15, 0.2) is 22.7 Å². The van der Waals surface area contributed by atoms with Crippen molar-refractivity contribution in [3.8, 4) is 5.75 Å². The maximum Gasteiger partial charge on any atom is 0.241 e. The van der Waals surface area contributed by atoms with Gasteiger partial charge < -0.3 is 15.4 Å². The summed E-state index contributed by atoms with van der Waals surface area (Å²) in [4.78, 5) is 12.3. The first-order valence-electron chi connectivity index (χ1n) is 7.01. The summed E-state index contributed by atoms with van der Waals surface area (Å²) in [5.41, 5.74) is 0.745. The van der Waals surface area contributed by atoms with Gasteiger partial charge in [0, 0.05) is 10.5 Å². The molecule has 1 aliphatic heterocycles. The number of ether oxygens (including phenoxy) is 1. The number of hydrogen-bond acceptors (Lipinski definition) is 3. The second kappa shape index (κ2) is 7.09. The van der Waals surface area contributed by atoms with Gasteiger partial charge in [-0.2, -0.15) is 0 Å². The van der Waals surface area contributed by atoms with E-state index < -0.39 is 0 Å². The highest BCUT2D eigenvalue weighted by Crippen LogP contribution is 2.28. The zero-order chi connectivity index (χ0) is 14.5. The number of amides is 1. The minimum atomic E-state index is -0.105. The van der Waals surface area contributed by atoms with E-state index in [2.05, 4.69) is 33.5 Å². The van der Waals surface area contributed by atoms with Crippen LogP contribution in [-0.2, 0) is 4.79 Å². The molecule has 1 aromatic rings. The summed E-state index contributed by atoms with van der Waals surface area (Å²) in [6.45, 7) is 3.10. The Morgan fingerprint density at radius 3 is 3.05 bits per heavy atom. The predicted octanol–water partition coefficient (Wildman–Crippen LogP) is 3.17. The van der Waals surface area contributed by atoms with E-state index in [1.807, 2.05) is 18.2 Å². The average molecular weight is 341 g/mol. The Bertz CT molecular complexity index is 479. The molecule has 4 nitrogen and oxygen atoms in total. The molecule has 0 aliphatic carbocycles. The largest absolute Gasteiger partial charge is 0.497 e. The number of carbonyl (C=O) groups is 1. The topological polar surface area (TPSA) is 50.4 Å². The standard InChI is InChI=1S/C15H21BrN2O2/c1-3-10-6-7-17-14(8-10)15(19)18-13-9-11(20-2)4-5-12(13)16/h4-5,9-10,14,17H,3,6-8H2,1-2H3,(H,18,19). The van der Waals surface area contributed by atoms with Gasteiger partial charge in [0.05, 0.1) is 18.8 Å². The highest BCUT2D eigenvalue weighted by Gasteiger charge is 2.26. The molecule has 1 heterocycles. The van der Waals surface area contributed by atoms with Gasteiger partial charge in [0.15, 0.2) is 0 Å². The van der Waals surface area contributed by atoms with Gasteiger partial charge in [-0.1, -0.05) is 13.3 Å². The van der Waals surface area contributed by atoms with Gasteiger partial charge in [-0.05, 0) is 53.4 Å². The van der Waals surface area contributed by atoms with E-state index in [0.29, 0.717) is 5.92 Å². The van der Waals surface area contributed by atoms with Crippen molar-refractivity contribution in [2.75, 3.05) is 19.0 Å². The van der Waals surface area contributed by atoms with Crippen molar-refractivity contribution in [1.29, 1.82) is 0 Å². The Morgan fingerprint density at radius 2 is 2.35 bits per heavy atom. The van der Waals surface area contributed by atoms with Crippen LogP contribution in [0.3, 0.4) is 0 Å². The third-order valence-electron chi connectivity index (χ3n) is 3.84. The molecule has 1 aromatic carbocycles. The summed E-state index contributed by atoms with van der Waals surface area (Å²) in [7, 11) is 1.61. The number of rotatable bonds is 4. The molecule has 0 radical (unpaired) electrons. The molecule has 20 heavy (non-hydrogen) atoms. The Hall–Kier alpha value is -1.07. The Labute approximate surface area is 128 Å². The molecule has 2 N–H and O–H groups in total. The molecule has 0 saturated carbocycles.